The van der Waals surface area contributed by atoms with Gasteiger partial charge in [-0.05, 0) is 48.7 Å². The van der Waals surface area contributed by atoms with E-state index >= 15 is 0 Å². The molecule has 0 saturated carbocycles. The highest BCUT2D eigenvalue weighted by molar-refractivity contribution is 5.87. The van der Waals surface area contributed by atoms with Crippen LogP contribution in [0.5, 0.6) is 0 Å². The molecule has 6 nitrogen and oxygen atoms in total. The summed E-state index contributed by atoms with van der Waals surface area (Å²) in [6, 6.07) is 12.2. The first-order chi connectivity index (χ1) is 13.4. The van der Waals surface area contributed by atoms with Crippen molar-refractivity contribution in [1.82, 2.24) is 10.2 Å². The van der Waals surface area contributed by atoms with Gasteiger partial charge in [0, 0.05) is 19.5 Å². The quantitative estimate of drug-likeness (QED) is 0.694. The van der Waals surface area contributed by atoms with Crippen LogP contribution in [0.4, 0.5) is 4.39 Å². The second kappa shape index (κ2) is 10.2. The fraction of sp³-hybridized carbons (Fsp3) is 0.286. The van der Waals surface area contributed by atoms with E-state index in [-0.39, 0.29) is 42.7 Å². The van der Waals surface area contributed by atoms with Crippen LogP contribution < -0.4 is 5.32 Å². The number of nitrogens with zero attached hydrogens (tertiary/aromatic N) is 1. The Kier molecular flexibility index (Phi) is 7.68. The van der Waals surface area contributed by atoms with Gasteiger partial charge in [-0.3, -0.25) is 9.59 Å². The van der Waals surface area contributed by atoms with E-state index in [2.05, 4.69) is 5.32 Å². The molecule has 2 rings (SSSR count). The van der Waals surface area contributed by atoms with Gasteiger partial charge in [0.1, 0.15) is 5.82 Å². The van der Waals surface area contributed by atoms with Crippen molar-refractivity contribution >= 4 is 17.8 Å². The van der Waals surface area contributed by atoms with E-state index in [9.17, 15) is 18.8 Å². The van der Waals surface area contributed by atoms with E-state index in [1.807, 2.05) is 0 Å². The first kappa shape index (κ1) is 21.1. The minimum absolute atomic E-state index is 0.0471. The highest BCUT2D eigenvalue weighted by atomic mass is 19.1. The first-order valence-corrected chi connectivity index (χ1v) is 9.00. The molecule has 0 heterocycles. The lowest BCUT2D eigenvalue weighted by Gasteiger charge is -2.20. The summed E-state index contributed by atoms with van der Waals surface area (Å²) in [6.45, 7) is 2.42. The van der Waals surface area contributed by atoms with Crippen molar-refractivity contribution < 1.29 is 23.9 Å². The molecule has 0 aromatic heterocycles. The van der Waals surface area contributed by atoms with Gasteiger partial charge >= 0.3 is 5.97 Å². The van der Waals surface area contributed by atoms with Gasteiger partial charge < -0.3 is 15.3 Å². The number of carboxylic acids is 1. The van der Waals surface area contributed by atoms with Crippen LogP contribution in [0, 0.1) is 5.82 Å². The summed E-state index contributed by atoms with van der Waals surface area (Å²) < 4.78 is 12.9. The molecule has 0 atom stereocenters. The number of benzene rings is 2. The van der Waals surface area contributed by atoms with Gasteiger partial charge in [0.25, 0.3) is 0 Å². The average Bonchev–Trinajstić information content (AvgIpc) is 2.70. The number of aryl methyl sites for hydroxylation is 1. The highest BCUT2D eigenvalue weighted by Crippen LogP contribution is 2.08. The molecule has 0 aliphatic rings. The predicted molar refractivity (Wildman–Crippen MR) is 102 cm³/mol. The monoisotopic (exact) mass is 386 g/mol. The lowest BCUT2D eigenvalue weighted by Crippen LogP contribution is -2.40. The number of aromatic carboxylic acids is 1. The number of amides is 2. The molecular weight excluding hydrogens is 363 g/mol. The van der Waals surface area contributed by atoms with E-state index in [4.69, 9.17) is 5.11 Å². The lowest BCUT2D eigenvalue weighted by atomic mass is 10.1. The first-order valence-electron chi connectivity index (χ1n) is 9.00. The zero-order chi connectivity index (χ0) is 20.5. The Hall–Kier alpha value is -3.22. The topological polar surface area (TPSA) is 86.7 Å². The minimum Gasteiger partial charge on any atom is -0.478 e. The molecular formula is C21H23FN2O4. The van der Waals surface area contributed by atoms with E-state index in [1.54, 1.807) is 31.2 Å². The van der Waals surface area contributed by atoms with Crippen molar-refractivity contribution in [2.75, 3.05) is 13.1 Å². The number of likely N-dealkylation sites (N-methyl/N-ethyl adjacent to an activating group) is 1. The molecule has 148 valence electrons. The van der Waals surface area contributed by atoms with Crippen LogP contribution >= 0.6 is 0 Å². The summed E-state index contributed by atoms with van der Waals surface area (Å²) in [7, 11) is 0. The van der Waals surface area contributed by atoms with Crippen molar-refractivity contribution in [1.29, 1.82) is 0 Å². The van der Waals surface area contributed by atoms with Crippen LogP contribution in [-0.2, 0) is 22.6 Å². The number of hydrogen-bond donors (Lipinski definition) is 2. The Bertz CT molecular complexity index is 819. The molecule has 7 heteroatoms. The molecule has 0 fully saturated rings. The molecule has 0 saturated heterocycles. The molecule has 28 heavy (non-hydrogen) atoms. The summed E-state index contributed by atoms with van der Waals surface area (Å²) in [6.07, 6.45) is 0.692. The van der Waals surface area contributed by atoms with Crippen molar-refractivity contribution in [2.45, 2.75) is 26.3 Å². The standard InChI is InChI=1S/C21H23FN2O4/c1-2-24(14-19(25)23-13-16-5-10-18(22)11-6-16)20(26)12-7-15-3-8-17(9-4-15)21(27)28/h3-6,8-11H,2,7,12-14H2,1H3,(H,23,25)(H,27,28). The fourth-order valence-electron chi connectivity index (χ4n) is 2.63. The summed E-state index contributed by atoms with van der Waals surface area (Å²) in [5, 5.41) is 11.6. The molecule has 2 amide bonds. The summed E-state index contributed by atoms with van der Waals surface area (Å²) >= 11 is 0. The van der Waals surface area contributed by atoms with Crippen LogP contribution in [0.2, 0.25) is 0 Å². The predicted octanol–water partition coefficient (Wildman–Crippen LogP) is 2.62. The van der Waals surface area contributed by atoms with E-state index in [0.717, 1.165) is 11.1 Å². The van der Waals surface area contributed by atoms with Gasteiger partial charge in [0.15, 0.2) is 0 Å². The number of carbonyl (C=O) groups excluding carboxylic acids is 2. The molecule has 0 aliphatic carbocycles. The number of rotatable bonds is 9. The molecule has 0 bridgehead atoms. The lowest BCUT2D eigenvalue weighted by molar-refractivity contribution is -0.135. The second-order valence-corrected chi connectivity index (χ2v) is 6.31. The van der Waals surface area contributed by atoms with Crippen LogP contribution in [0.1, 0.15) is 34.8 Å². The van der Waals surface area contributed by atoms with E-state index in [1.165, 1.54) is 29.2 Å². The van der Waals surface area contributed by atoms with E-state index in [0.29, 0.717) is 13.0 Å². The Morgan fingerprint density at radius 3 is 2.18 bits per heavy atom. The molecule has 2 aromatic carbocycles. The Morgan fingerprint density at radius 2 is 1.61 bits per heavy atom. The number of carbonyl (C=O) groups is 3. The van der Waals surface area contributed by atoms with Crippen molar-refractivity contribution in [3.05, 3.63) is 71.0 Å². The SMILES string of the molecule is CCN(CC(=O)NCc1ccc(F)cc1)C(=O)CCc1ccc(C(=O)O)cc1. The Balaban J connectivity index is 1.80. The molecule has 0 unspecified atom stereocenters. The van der Waals surface area contributed by atoms with Crippen molar-refractivity contribution in [3.63, 3.8) is 0 Å². The molecule has 0 aliphatic heterocycles. The van der Waals surface area contributed by atoms with Crippen molar-refractivity contribution in [2.24, 2.45) is 0 Å². The highest BCUT2D eigenvalue weighted by Gasteiger charge is 2.15. The van der Waals surface area contributed by atoms with Gasteiger partial charge in [-0.2, -0.15) is 0 Å². The van der Waals surface area contributed by atoms with E-state index < -0.39 is 5.97 Å². The molecule has 0 radical (unpaired) electrons. The summed E-state index contributed by atoms with van der Waals surface area (Å²) in [5.74, 6) is -1.77. The van der Waals surface area contributed by atoms with Crippen LogP contribution in [0.3, 0.4) is 0 Å². The number of nitrogens with one attached hydrogen (secondary N) is 1. The van der Waals surface area contributed by atoms with Gasteiger partial charge in [-0.1, -0.05) is 24.3 Å². The van der Waals surface area contributed by atoms with Gasteiger partial charge in [-0.15, -0.1) is 0 Å². The van der Waals surface area contributed by atoms with Gasteiger partial charge in [-0.25, -0.2) is 9.18 Å². The third kappa shape index (κ3) is 6.50. The van der Waals surface area contributed by atoms with Crippen molar-refractivity contribution in [3.8, 4) is 0 Å². The van der Waals surface area contributed by atoms with Gasteiger partial charge in [0.2, 0.25) is 11.8 Å². The summed E-state index contributed by atoms with van der Waals surface area (Å²) in [5.41, 5.74) is 1.83. The molecule has 0 spiro atoms. The molecule has 2 aromatic rings. The zero-order valence-electron chi connectivity index (χ0n) is 15.7. The third-order valence-electron chi connectivity index (χ3n) is 4.30. The van der Waals surface area contributed by atoms with Gasteiger partial charge in [0.05, 0.1) is 12.1 Å². The third-order valence-corrected chi connectivity index (χ3v) is 4.30. The number of carboxylic acid groups (broad SMARTS) is 1. The Morgan fingerprint density at radius 1 is 1.00 bits per heavy atom. The normalized spacial score (nSPS) is 10.4. The smallest absolute Gasteiger partial charge is 0.335 e. The maximum absolute atomic E-state index is 12.9. The van der Waals surface area contributed by atoms with Crippen LogP contribution in [-0.4, -0.2) is 40.9 Å². The maximum atomic E-state index is 12.9. The van der Waals surface area contributed by atoms with Crippen LogP contribution in [0.15, 0.2) is 48.5 Å². The zero-order valence-corrected chi connectivity index (χ0v) is 15.7. The number of halogens is 1. The average molecular weight is 386 g/mol. The minimum atomic E-state index is -0.994. The number of hydrogen-bond acceptors (Lipinski definition) is 3. The fourth-order valence-corrected chi connectivity index (χ4v) is 2.63. The summed E-state index contributed by atoms with van der Waals surface area (Å²) in [4.78, 5) is 36.8. The maximum Gasteiger partial charge on any atom is 0.335 e. The molecule has 2 N–H and O–H groups in total. The Labute approximate surface area is 163 Å². The largest absolute Gasteiger partial charge is 0.478 e. The second-order valence-electron chi connectivity index (χ2n) is 6.31. The van der Waals surface area contributed by atoms with Crippen LogP contribution in [0.25, 0.3) is 0 Å².